The molecule has 0 aliphatic rings. The highest BCUT2D eigenvalue weighted by molar-refractivity contribution is 7.71. The van der Waals surface area contributed by atoms with Gasteiger partial charge in [0.15, 0.2) is 10.6 Å². The smallest absolute Gasteiger partial charge is 0.240 e. The standard InChI is InChI=1S/C20H22N4OS/c1-13-7-6-9-16(11-13)19-22-23-20(26)24(19)12-18(25)21-15(3)17-10-5-4-8-14(17)2/h4-11,15H,12H2,1-3H3,(H,21,25)(H,23,26)/t15-/m0/s1. The van der Waals surface area contributed by atoms with Crippen LogP contribution in [0.15, 0.2) is 48.5 Å². The molecule has 1 atom stereocenters. The molecule has 0 unspecified atom stereocenters. The van der Waals surface area contributed by atoms with Gasteiger partial charge in [0.2, 0.25) is 5.91 Å². The van der Waals surface area contributed by atoms with Crippen LogP contribution in [-0.4, -0.2) is 20.7 Å². The van der Waals surface area contributed by atoms with Gasteiger partial charge in [0, 0.05) is 5.56 Å². The second-order valence-electron chi connectivity index (χ2n) is 6.45. The highest BCUT2D eigenvalue weighted by Gasteiger charge is 2.15. The number of rotatable bonds is 5. The predicted molar refractivity (Wildman–Crippen MR) is 105 cm³/mol. The van der Waals surface area contributed by atoms with E-state index in [0.29, 0.717) is 10.6 Å². The minimum absolute atomic E-state index is 0.0767. The summed E-state index contributed by atoms with van der Waals surface area (Å²) in [7, 11) is 0. The molecule has 5 nitrogen and oxygen atoms in total. The molecule has 1 heterocycles. The van der Waals surface area contributed by atoms with Crippen molar-refractivity contribution >= 4 is 18.1 Å². The first kappa shape index (κ1) is 18.1. The van der Waals surface area contributed by atoms with E-state index in [0.717, 1.165) is 22.3 Å². The first-order valence-corrected chi connectivity index (χ1v) is 8.93. The zero-order valence-electron chi connectivity index (χ0n) is 15.1. The number of carbonyl (C=O) groups is 1. The highest BCUT2D eigenvalue weighted by atomic mass is 32.1. The van der Waals surface area contributed by atoms with Crippen molar-refractivity contribution in [3.05, 3.63) is 70.0 Å². The number of H-pyrrole nitrogens is 1. The molecule has 0 saturated heterocycles. The molecule has 3 aromatic rings. The average Bonchev–Trinajstić information content (AvgIpc) is 2.96. The number of nitrogens with zero attached hydrogens (tertiary/aromatic N) is 2. The molecule has 0 saturated carbocycles. The monoisotopic (exact) mass is 366 g/mol. The fraction of sp³-hybridized carbons (Fsp3) is 0.250. The van der Waals surface area contributed by atoms with Gasteiger partial charge in [0.1, 0.15) is 6.54 Å². The van der Waals surface area contributed by atoms with E-state index in [1.165, 1.54) is 0 Å². The van der Waals surface area contributed by atoms with Crippen LogP contribution in [0.3, 0.4) is 0 Å². The van der Waals surface area contributed by atoms with E-state index < -0.39 is 0 Å². The predicted octanol–water partition coefficient (Wildman–Crippen LogP) is 4.10. The van der Waals surface area contributed by atoms with E-state index >= 15 is 0 Å². The third-order valence-electron chi connectivity index (χ3n) is 4.37. The van der Waals surface area contributed by atoms with E-state index in [1.54, 1.807) is 4.57 Å². The molecule has 1 amide bonds. The van der Waals surface area contributed by atoms with Crippen LogP contribution in [0.25, 0.3) is 11.4 Å². The van der Waals surface area contributed by atoms with E-state index in [2.05, 4.69) is 15.5 Å². The first-order valence-electron chi connectivity index (χ1n) is 8.53. The van der Waals surface area contributed by atoms with E-state index in [1.807, 2.05) is 69.3 Å². The minimum atomic E-state index is -0.104. The van der Waals surface area contributed by atoms with Crippen molar-refractivity contribution < 1.29 is 4.79 Å². The Kier molecular flexibility index (Phi) is 5.32. The van der Waals surface area contributed by atoms with Crippen LogP contribution < -0.4 is 5.32 Å². The lowest BCUT2D eigenvalue weighted by atomic mass is 10.0. The summed E-state index contributed by atoms with van der Waals surface area (Å²) >= 11 is 5.32. The summed E-state index contributed by atoms with van der Waals surface area (Å²) in [5.41, 5.74) is 4.31. The van der Waals surface area contributed by atoms with Crippen LogP contribution in [0, 0.1) is 18.6 Å². The van der Waals surface area contributed by atoms with Gasteiger partial charge >= 0.3 is 0 Å². The zero-order chi connectivity index (χ0) is 18.7. The summed E-state index contributed by atoms with van der Waals surface area (Å²) in [5, 5.41) is 10.1. The number of carbonyl (C=O) groups excluding carboxylic acids is 1. The van der Waals surface area contributed by atoms with Gasteiger partial charge in [-0.3, -0.25) is 14.5 Å². The topological polar surface area (TPSA) is 62.7 Å². The molecule has 0 spiro atoms. The van der Waals surface area contributed by atoms with Crippen LogP contribution in [0.1, 0.15) is 29.7 Å². The number of amides is 1. The van der Waals surface area contributed by atoms with Gasteiger partial charge in [-0.25, -0.2) is 0 Å². The van der Waals surface area contributed by atoms with E-state index in [-0.39, 0.29) is 18.5 Å². The maximum Gasteiger partial charge on any atom is 0.240 e. The van der Waals surface area contributed by atoms with Gasteiger partial charge in [-0.2, -0.15) is 5.10 Å². The summed E-state index contributed by atoms with van der Waals surface area (Å²) < 4.78 is 2.16. The van der Waals surface area contributed by atoms with Crippen LogP contribution >= 0.6 is 12.2 Å². The van der Waals surface area contributed by atoms with Gasteiger partial charge in [0.05, 0.1) is 6.04 Å². The van der Waals surface area contributed by atoms with E-state index in [4.69, 9.17) is 12.2 Å². The summed E-state index contributed by atoms with van der Waals surface area (Å²) in [6.07, 6.45) is 0. The summed E-state index contributed by atoms with van der Waals surface area (Å²) in [4.78, 5) is 12.6. The molecular weight excluding hydrogens is 344 g/mol. The lowest BCUT2D eigenvalue weighted by molar-refractivity contribution is -0.122. The van der Waals surface area contributed by atoms with Gasteiger partial charge in [-0.1, -0.05) is 48.0 Å². The molecule has 1 aromatic heterocycles. The zero-order valence-corrected chi connectivity index (χ0v) is 15.9. The fourth-order valence-electron chi connectivity index (χ4n) is 3.05. The number of nitrogens with one attached hydrogen (secondary N) is 2. The Labute approximate surface area is 158 Å². The number of aryl methyl sites for hydroxylation is 2. The van der Waals surface area contributed by atoms with Crippen LogP contribution in [0.4, 0.5) is 0 Å². The van der Waals surface area contributed by atoms with Gasteiger partial charge in [-0.15, -0.1) is 0 Å². The second kappa shape index (κ2) is 7.66. The summed E-state index contributed by atoms with van der Waals surface area (Å²) in [5.74, 6) is 0.560. The molecule has 3 rings (SSSR count). The van der Waals surface area contributed by atoms with Crippen molar-refractivity contribution in [1.82, 2.24) is 20.1 Å². The summed E-state index contributed by atoms with van der Waals surface area (Å²) in [6.45, 7) is 6.16. The lowest BCUT2D eigenvalue weighted by Gasteiger charge is -2.17. The number of hydrogen-bond acceptors (Lipinski definition) is 3. The number of benzene rings is 2. The average molecular weight is 366 g/mol. The Morgan fingerprint density at radius 2 is 2.00 bits per heavy atom. The molecule has 0 aliphatic heterocycles. The van der Waals surface area contributed by atoms with Crippen molar-refractivity contribution in [3.8, 4) is 11.4 Å². The van der Waals surface area contributed by atoms with E-state index in [9.17, 15) is 4.79 Å². The fourth-order valence-corrected chi connectivity index (χ4v) is 3.25. The lowest BCUT2D eigenvalue weighted by Crippen LogP contribution is -2.30. The Bertz CT molecular complexity index is 989. The second-order valence-corrected chi connectivity index (χ2v) is 6.84. The first-order chi connectivity index (χ1) is 12.5. The maximum absolute atomic E-state index is 12.6. The molecule has 0 radical (unpaired) electrons. The van der Waals surface area contributed by atoms with Crippen molar-refractivity contribution in [2.75, 3.05) is 0 Å². The maximum atomic E-state index is 12.6. The summed E-state index contributed by atoms with van der Waals surface area (Å²) in [6, 6.07) is 15.9. The normalized spacial score (nSPS) is 12.0. The molecule has 0 aliphatic carbocycles. The largest absolute Gasteiger partial charge is 0.348 e. The molecule has 0 fully saturated rings. The third-order valence-corrected chi connectivity index (χ3v) is 4.68. The number of hydrogen-bond donors (Lipinski definition) is 2. The van der Waals surface area contributed by atoms with Gasteiger partial charge in [0.25, 0.3) is 0 Å². The Morgan fingerprint density at radius 3 is 2.73 bits per heavy atom. The van der Waals surface area contributed by atoms with Crippen LogP contribution in [0.5, 0.6) is 0 Å². The van der Waals surface area contributed by atoms with Crippen molar-refractivity contribution in [2.24, 2.45) is 0 Å². The third kappa shape index (κ3) is 3.91. The molecule has 26 heavy (non-hydrogen) atoms. The minimum Gasteiger partial charge on any atom is -0.348 e. The Hall–Kier alpha value is -2.73. The van der Waals surface area contributed by atoms with Crippen molar-refractivity contribution in [2.45, 2.75) is 33.4 Å². The molecule has 134 valence electrons. The Morgan fingerprint density at radius 1 is 1.23 bits per heavy atom. The molecule has 6 heteroatoms. The van der Waals surface area contributed by atoms with Crippen molar-refractivity contribution in [3.63, 3.8) is 0 Å². The Balaban J connectivity index is 1.79. The van der Waals surface area contributed by atoms with Gasteiger partial charge in [-0.05, 0) is 50.2 Å². The molecule has 0 bridgehead atoms. The number of aromatic amines is 1. The molecule has 2 N–H and O–H groups in total. The van der Waals surface area contributed by atoms with Gasteiger partial charge < -0.3 is 5.32 Å². The SMILES string of the molecule is Cc1cccc(-c2n[nH]c(=S)n2CC(=O)N[C@@H](C)c2ccccc2C)c1. The molecule has 2 aromatic carbocycles. The van der Waals surface area contributed by atoms with Crippen LogP contribution in [0.2, 0.25) is 0 Å². The highest BCUT2D eigenvalue weighted by Crippen LogP contribution is 2.19. The number of aromatic nitrogens is 3. The van der Waals surface area contributed by atoms with Crippen molar-refractivity contribution in [1.29, 1.82) is 0 Å². The van der Waals surface area contributed by atoms with Crippen LogP contribution in [-0.2, 0) is 11.3 Å². The quantitative estimate of drug-likeness (QED) is 0.668. The molecular formula is C20H22N4OS.